The highest BCUT2D eigenvalue weighted by Crippen LogP contribution is 2.42. The molecule has 1 amide bonds. The molecule has 2 N–H and O–H groups in total. The van der Waals surface area contributed by atoms with E-state index in [0.717, 1.165) is 4.90 Å². The molecule has 7 nitrogen and oxygen atoms in total. The number of Topliss-reactive ketones (excluding diaryl/α,β-unsaturated/α-hetero) is 1. The number of aliphatic hydroxyl groups excluding tert-OH is 1. The van der Waals surface area contributed by atoms with Gasteiger partial charge < -0.3 is 24.4 Å². The lowest BCUT2D eigenvalue weighted by Gasteiger charge is -2.28. The molecule has 0 aromatic heterocycles. The lowest BCUT2D eigenvalue weighted by Crippen LogP contribution is -3.06. The van der Waals surface area contributed by atoms with Crippen LogP contribution in [-0.2, 0) is 9.59 Å². The number of hydrogen-bond donors (Lipinski definition) is 2. The Kier molecular flexibility index (Phi) is 5.69. The van der Waals surface area contributed by atoms with Crippen LogP contribution in [0.25, 0.3) is 0 Å². The minimum absolute atomic E-state index is 0.0882. The van der Waals surface area contributed by atoms with Gasteiger partial charge in [-0.2, -0.15) is 0 Å². The van der Waals surface area contributed by atoms with Gasteiger partial charge in [0.1, 0.15) is 11.5 Å². The molecule has 0 spiro atoms. The summed E-state index contributed by atoms with van der Waals surface area (Å²) in [6.45, 7) is 2.42. The monoisotopic (exact) mass is 349 g/mol. The number of likely N-dealkylation sites (N-methyl/N-ethyl adjacent to an activating group) is 1. The summed E-state index contributed by atoms with van der Waals surface area (Å²) in [6, 6.07) is 4.49. The van der Waals surface area contributed by atoms with Crippen molar-refractivity contribution in [3.8, 4) is 11.5 Å². The molecule has 7 heteroatoms. The molecule has 25 heavy (non-hydrogen) atoms. The number of aliphatic hydroxyl groups is 1. The highest BCUT2D eigenvalue weighted by Gasteiger charge is 2.43. The van der Waals surface area contributed by atoms with Gasteiger partial charge in [-0.15, -0.1) is 0 Å². The predicted molar refractivity (Wildman–Crippen MR) is 92.0 cm³/mol. The average molecular weight is 349 g/mol. The summed E-state index contributed by atoms with van der Waals surface area (Å²) in [5.74, 6) is -0.275. The Labute approximate surface area is 147 Å². The van der Waals surface area contributed by atoms with Gasteiger partial charge in [-0.3, -0.25) is 9.59 Å². The number of carbonyl (C=O) groups is 2. The van der Waals surface area contributed by atoms with Crippen molar-refractivity contribution in [2.45, 2.75) is 13.0 Å². The van der Waals surface area contributed by atoms with E-state index in [-0.39, 0.29) is 11.4 Å². The topological polar surface area (TPSA) is 80.5 Å². The van der Waals surface area contributed by atoms with Gasteiger partial charge >= 0.3 is 0 Å². The maximum Gasteiger partial charge on any atom is 0.290 e. The molecule has 0 fully saturated rings. The number of amides is 1. The summed E-state index contributed by atoms with van der Waals surface area (Å²) in [4.78, 5) is 27.4. The molecule has 0 saturated carbocycles. The van der Waals surface area contributed by atoms with Crippen LogP contribution in [-0.4, -0.2) is 63.1 Å². The van der Waals surface area contributed by atoms with Crippen LogP contribution in [0.1, 0.15) is 18.5 Å². The first kappa shape index (κ1) is 18.8. The Morgan fingerprint density at radius 3 is 2.48 bits per heavy atom. The number of carbonyl (C=O) groups excluding carboxylic acids is 2. The zero-order chi connectivity index (χ0) is 18.7. The van der Waals surface area contributed by atoms with Crippen molar-refractivity contribution in [2.75, 3.05) is 41.4 Å². The van der Waals surface area contributed by atoms with Crippen LogP contribution in [0.3, 0.4) is 0 Å². The van der Waals surface area contributed by atoms with E-state index in [0.29, 0.717) is 30.2 Å². The Balaban J connectivity index is 2.58. The van der Waals surface area contributed by atoms with E-state index in [9.17, 15) is 14.7 Å². The fraction of sp³-hybridized carbons (Fsp3) is 0.444. The van der Waals surface area contributed by atoms with Gasteiger partial charge in [-0.25, -0.2) is 0 Å². The van der Waals surface area contributed by atoms with Crippen LogP contribution in [0.5, 0.6) is 11.5 Å². The molecular weight excluding hydrogens is 324 g/mol. The Morgan fingerprint density at radius 2 is 1.96 bits per heavy atom. The third-order valence-electron chi connectivity index (χ3n) is 4.27. The van der Waals surface area contributed by atoms with Crippen LogP contribution in [0.4, 0.5) is 0 Å². The maximum atomic E-state index is 12.6. The second-order valence-corrected chi connectivity index (χ2v) is 6.28. The lowest BCUT2D eigenvalue weighted by molar-refractivity contribution is -0.857. The Morgan fingerprint density at radius 1 is 1.28 bits per heavy atom. The zero-order valence-corrected chi connectivity index (χ0v) is 15.3. The van der Waals surface area contributed by atoms with Gasteiger partial charge in [-0.05, 0) is 25.1 Å². The highest BCUT2D eigenvalue weighted by molar-refractivity contribution is 6.08. The average Bonchev–Trinajstić information content (AvgIpc) is 2.83. The molecule has 1 aliphatic rings. The molecule has 1 aliphatic heterocycles. The van der Waals surface area contributed by atoms with Crippen molar-refractivity contribution < 1.29 is 29.1 Å². The summed E-state index contributed by atoms with van der Waals surface area (Å²) < 4.78 is 10.7. The third kappa shape index (κ3) is 3.61. The minimum Gasteiger partial charge on any atom is -0.503 e. The molecular formula is C18H25N2O5+. The fourth-order valence-electron chi connectivity index (χ4n) is 2.96. The van der Waals surface area contributed by atoms with Crippen molar-refractivity contribution in [3.05, 3.63) is 35.1 Å². The van der Waals surface area contributed by atoms with Crippen molar-refractivity contribution in [3.63, 3.8) is 0 Å². The molecule has 1 aromatic rings. The fourth-order valence-corrected chi connectivity index (χ4v) is 2.96. The van der Waals surface area contributed by atoms with Crippen LogP contribution >= 0.6 is 0 Å². The van der Waals surface area contributed by atoms with E-state index in [1.165, 1.54) is 26.0 Å². The van der Waals surface area contributed by atoms with Crippen LogP contribution in [0.2, 0.25) is 0 Å². The highest BCUT2D eigenvalue weighted by atomic mass is 16.5. The van der Waals surface area contributed by atoms with Gasteiger partial charge in [0.15, 0.2) is 11.5 Å². The summed E-state index contributed by atoms with van der Waals surface area (Å²) in [7, 11) is 7.01. The number of nitrogens with zero attached hydrogens (tertiary/aromatic N) is 1. The maximum absolute atomic E-state index is 12.6. The summed E-state index contributed by atoms with van der Waals surface area (Å²) in [5, 5.41) is 10.3. The number of rotatable bonds is 7. The molecule has 2 rings (SSSR count). The summed E-state index contributed by atoms with van der Waals surface area (Å²) >= 11 is 0. The smallest absolute Gasteiger partial charge is 0.290 e. The molecule has 0 aliphatic carbocycles. The van der Waals surface area contributed by atoms with Gasteiger partial charge in [0.25, 0.3) is 5.91 Å². The van der Waals surface area contributed by atoms with E-state index in [4.69, 9.17) is 9.47 Å². The number of ketones is 1. The van der Waals surface area contributed by atoms with E-state index < -0.39 is 17.7 Å². The molecule has 0 radical (unpaired) electrons. The predicted octanol–water partition coefficient (Wildman–Crippen LogP) is 0.133. The Hall–Kier alpha value is -2.54. The molecule has 1 aromatic carbocycles. The molecule has 1 unspecified atom stereocenters. The summed E-state index contributed by atoms with van der Waals surface area (Å²) in [6.07, 6.45) is 0. The number of methoxy groups -OCH3 is 2. The van der Waals surface area contributed by atoms with Crippen LogP contribution in [0, 0.1) is 0 Å². The molecule has 0 bridgehead atoms. The van der Waals surface area contributed by atoms with Crippen molar-refractivity contribution in [1.82, 2.24) is 4.90 Å². The van der Waals surface area contributed by atoms with E-state index in [1.54, 1.807) is 18.2 Å². The van der Waals surface area contributed by atoms with Gasteiger partial charge in [0, 0.05) is 5.56 Å². The normalized spacial score (nSPS) is 17.4. The second-order valence-electron chi connectivity index (χ2n) is 6.28. The van der Waals surface area contributed by atoms with Crippen molar-refractivity contribution in [1.29, 1.82) is 0 Å². The van der Waals surface area contributed by atoms with Crippen LogP contribution in [0.15, 0.2) is 29.5 Å². The van der Waals surface area contributed by atoms with E-state index in [2.05, 4.69) is 0 Å². The lowest BCUT2D eigenvalue weighted by atomic mass is 9.95. The number of ether oxygens (including phenoxy) is 2. The van der Waals surface area contributed by atoms with Crippen molar-refractivity contribution in [2.24, 2.45) is 0 Å². The second kappa shape index (κ2) is 7.57. The third-order valence-corrected chi connectivity index (χ3v) is 4.27. The van der Waals surface area contributed by atoms with Gasteiger partial charge in [0.2, 0.25) is 0 Å². The standard InChI is InChI=1S/C18H24N2O5/c1-11(21)15-16(13-10-12(24-4)6-7-14(13)25-5)20(9-8-19(2)3)18(23)17(15)22/h6-7,10,16,22H,8-9H2,1-5H3/p+1. The molecule has 136 valence electrons. The molecule has 1 heterocycles. The summed E-state index contributed by atoms with van der Waals surface area (Å²) in [5.41, 5.74) is 0.698. The minimum atomic E-state index is -0.700. The first-order valence-electron chi connectivity index (χ1n) is 8.07. The van der Waals surface area contributed by atoms with Crippen molar-refractivity contribution >= 4 is 11.7 Å². The number of quaternary nitrogens is 1. The van der Waals surface area contributed by atoms with Gasteiger partial charge in [0.05, 0.1) is 53.0 Å². The van der Waals surface area contributed by atoms with Crippen LogP contribution < -0.4 is 14.4 Å². The number of nitrogens with one attached hydrogen (secondary N) is 1. The largest absolute Gasteiger partial charge is 0.503 e. The van der Waals surface area contributed by atoms with E-state index in [1.807, 2.05) is 14.1 Å². The number of benzene rings is 1. The molecule has 0 saturated heterocycles. The quantitative estimate of drug-likeness (QED) is 0.732. The number of hydrogen-bond acceptors (Lipinski definition) is 5. The van der Waals surface area contributed by atoms with E-state index >= 15 is 0 Å². The SMILES string of the molecule is COc1ccc(OC)c(C2C(C(C)=O)=C(O)C(=O)N2CC[NH+](C)C)c1. The first-order chi connectivity index (χ1) is 11.8. The zero-order valence-electron chi connectivity index (χ0n) is 15.3. The molecule has 1 atom stereocenters. The first-order valence-corrected chi connectivity index (χ1v) is 8.07. The Bertz CT molecular complexity index is 711. The van der Waals surface area contributed by atoms with Gasteiger partial charge in [-0.1, -0.05) is 0 Å².